The topological polar surface area (TPSA) is 46.6 Å². The van der Waals surface area contributed by atoms with Gasteiger partial charge in [0.1, 0.15) is 5.75 Å². The SMILES string of the molecule is COc1c(I)cc(I)cc1/C=C1\SC(=O)N(Cc2ccc(Cl)cc2)C1=O. The van der Waals surface area contributed by atoms with E-state index in [-0.39, 0.29) is 17.7 Å². The molecule has 1 heterocycles. The second kappa shape index (κ2) is 8.49. The van der Waals surface area contributed by atoms with Crippen molar-refractivity contribution in [1.29, 1.82) is 0 Å². The minimum absolute atomic E-state index is 0.222. The number of nitrogens with zero attached hydrogens (tertiary/aromatic N) is 1. The molecule has 0 spiro atoms. The Hall–Kier alpha value is -0.780. The van der Waals surface area contributed by atoms with Gasteiger partial charge in [0.05, 0.1) is 22.1 Å². The summed E-state index contributed by atoms with van der Waals surface area (Å²) in [7, 11) is 1.59. The Morgan fingerprint density at radius 3 is 2.54 bits per heavy atom. The van der Waals surface area contributed by atoms with E-state index in [4.69, 9.17) is 16.3 Å². The molecule has 0 aromatic heterocycles. The summed E-state index contributed by atoms with van der Waals surface area (Å²) < 4.78 is 7.43. The summed E-state index contributed by atoms with van der Waals surface area (Å²) in [4.78, 5) is 26.6. The highest BCUT2D eigenvalue weighted by atomic mass is 127. The van der Waals surface area contributed by atoms with Gasteiger partial charge in [0.2, 0.25) is 0 Å². The third-order valence-corrected chi connectivity index (χ3v) is 6.24. The summed E-state index contributed by atoms with van der Waals surface area (Å²) in [5.41, 5.74) is 1.63. The Labute approximate surface area is 187 Å². The van der Waals surface area contributed by atoms with Crippen LogP contribution >= 0.6 is 68.5 Å². The van der Waals surface area contributed by atoms with E-state index in [9.17, 15) is 9.59 Å². The molecule has 0 N–H and O–H groups in total. The van der Waals surface area contributed by atoms with Gasteiger partial charge < -0.3 is 4.74 Å². The number of carbonyl (C=O) groups is 2. The highest BCUT2D eigenvalue weighted by Gasteiger charge is 2.35. The Bertz CT molecular complexity index is 915. The number of carbonyl (C=O) groups excluding carboxylic acids is 2. The van der Waals surface area contributed by atoms with Gasteiger partial charge in [0, 0.05) is 14.2 Å². The van der Waals surface area contributed by atoms with Gasteiger partial charge in [-0.1, -0.05) is 23.7 Å². The predicted octanol–water partition coefficient (Wildman–Crippen LogP) is 5.79. The number of ether oxygens (including phenoxy) is 1. The Morgan fingerprint density at radius 2 is 1.88 bits per heavy atom. The first-order chi connectivity index (χ1) is 12.4. The summed E-state index contributed by atoms with van der Waals surface area (Å²) in [6, 6.07) is 11.0. The number of rotatable bonds is 4. The summed E-state index contributed by atoms with van der Waals surface area (Å²) in [6.45, 7) is 0.222. The van der Waals surface area contributed by atoms with Crippen LogP contribution < -0.4 is 4.74 Å². The zero-order valence-corrected chi connectivity index (χ0v) is 19.4. The first-order valence-corrected chi connectivity index (χ1v) is 10.8. The van der Waals surface area contributed by atoms with E-state index >= 15 is 0 Å². The molecule has 0 atom stereocenters. The van der Waals surface area contributed by atoms with Crippen molar-refractivity contribution in [3.63, 3.8) is 0 Å². The van der Waals surface area contributed by atoms with E-state index in [1.165, 1.54) is 4.90 Å². The molecule has 1 saturated heterocycles. The molecule has 2 amide bonds. The molecule has 3 rings (SSSR count). The average molecular weight is 612 g/mol. The normalized spacial score (nSPS) is 15.8. The van der Waals surface area contributed by atoms with Gasteiger partial charge in [0.15, 0.2) is 0 Å². The van der Waals surface area contributed by atoms with E-state index in [0.717, 1.165) is 30.0 Å². The summed E-state index contributed by atoms with van der Waals surface area (Å²) in [5.74, 6) is 0.390. The van der Waals surface area contributed by atoms with Crippen molar-refractivity contribution in [2.24, 2.45) is 0 Å². The van der Waals surface area contributed by atoms with Crippen molar-refractivity contribution >= 4 is 85.8 Å². The molecule has 134 valence electrons. The molecule has 0 saturated carbocycles. The van der Waals surface area contributed by atoms with Crippen molar-refractivity contribution in [3.05, 3.63) is 64.6 Å². The fraction of sp³-hybridized carbons (Fsp3) is 0.111. The largest absolute Gasteiger partial charge is 0.495 e. The number of methoxy groups -OCH3 is 1. The number of imide groups is 1. The van der Waals surface area contributed by atoms with Gasteiger partial charge in [-0.05, 0) is 92.8 Å². The zero-order valence-electron chi connectivity index (χ0n) is 13.5. The second-order valence-electron chi connectivity index (χ2n) is 5.40. The molecule has 26 heavy (non-hydrogen) atoms. The number of thioether (sulfide) groups is 1. The molecule has 0 aliphatic carbocycles. The predicted molar refractivity (Wildman–Crippen MR) is 121 cm³/mol. The molecule has 1 aliphatic heterocycles. The van der Waals surface area contributed by atoms with Crippen LogP contribution in [0.25, 0.3) is 6.08 Å². The molecule has 0 unspecified atom stereocenters. The number of benzene rings is 2. The number of halogens is 3. The first-order valence-electron chi connectivity index (χ1n) is 7.42. The van der Waals surface area contributed by atoms with Gasteiger partial charge in [0.25, 0.3) is 11.1 Å². The van der Waals surface area contributed by atoms with Crippen molar-refractivity contribution in [2.75, 3.05) is 7.11 Å². The van der Waals surface area contributed by atoms with Crippen molar-refractivity contribution in [1.82, 2.24) is 4.90 Å². The molecule has 1 fully saturated rings. The van der Waals surface area contributed by atoms with Crippen molar-refractivity contribution < 1.29 is 14.3 Å². The Balaban J connectivity index is 1.89. The molecule has 4 nitrogen and oxygen atoms in total. The molecule has 0 bridgehead atoms. The third kappa shape index (κ3) is 4.37. The van der Waals surface area contributed by atoms with Crippen LogP contribution in [0, 0.1) is 7.14 Å². The van der Waals surface area contributed by atoms with E-state index < -0.39 is 0 Å². The van der Waals surface area contributed by atoms with Gasteiger partial charge in [-0.15, -0.1) is 0 Å². The summed E-state index contributed by atoms with van der Waals surface area (Å²) in [5, 5.41) is 0.332. The zero-order chi connectivity index (χ0) is 18.8. The van der Waals surface area contributed by atoms with Crippen LogP contribution in [-0.2, 0) is 11.3 Å². The van der Waals surface area contributed by atoms with Gasteiger partial charge in [-0.2, -0.15) is 0 Å². The molecular formula is C18H12ClI2NO3S. The van der Waals surface area contributed by atoms with Gasteiger partial charge in [-0.25, -0.2) is 0 Å². The van der Waals surface area contributed by atoms with Crippen LogP contribution in [0.2, 0.25) is 5.02 Å². The summed E-state index contributed by atoms with van der Waals surface area (Å²) >= 11 is 11.2. The van der Waals surface area contributed by atoms with Crippen LogP contribution in [0.5, 0.6) is 5.75 Å². The number of hydrogen-bond donors (Lipinski definition) is 0. The fourth-order valence-electron chi connectivity index (χ4n) is 2.45. The lowest BCUT2D eigenvalue weighted by atomic mass is 10.1. The van der Waals surface area contributed by atoms with Crippen LogP contribution in [0.15, 0.2) is 41.3 Å². The fourth-order valence-corrected chi connectivity index (χ4v) is 5.52. The Morgan fingerprint density at radius 1 is 1.19 bits per heavy atom. The third-order valence-electron chi connectivity index (χ3n) is 3.66. The Kier molecular flexibility index (Phi) is 6.52. The maximum absolute atomic E-state index is 12.7. The molecule has 1 aliphatic rings. The van der Waals surface area contributed by atoms with Crippen LogP contribution in [0.4, 0.5) is 4.79 Å². The van der Waals surface area contributed by atoms with Crippen molar-refractivity contribution in [3.8, 4) is 5.75 Å². The first kappa shape index (κ1) is 20.0. The molecule has 2 aromatic rings. The quantitative estimate of drug-likeness (QED) is 0.324. The molecule has 0 radical (unpaired) electrons. The minimum Gasteiger partial charge on any atom is -0.495 e. The van der Waals surface area contributed by atoms with E-state index in [1.54, 1.807) is 37.5 Å². The lowest BCUT2D eigenvalue weighted by Crippen LogP contribution is -2.27. The van der Waals surface area contributed by atoms with E-state index in [0.29, 0.717) is 15.7 Å². The average Bonchev–Trinajstić information content (AvgIpc) is 2.84. The van der Waals surface area contributed by atoms with Crippen LogP contribution in [-0.4, -0.2) is 23.2 Å². The highest BCUT2D eigenvalue weighted by Crippen LogP contribution is 2.36. The highest BCUT2D eigenvalue weighted by molar-refractivity contribution is 14.1. The van der Waals surface area contributed by atoms with Crippen LogP contribution in [0.1, 0.15) is 11.1 Å². The minimum atomic E-state index is -0.300. The lowest BCUT2D eigenvalue weighted by molar-refractivity contribution is -0.123. The monoisotopic (exact) mass is 611 g/mol. The standard InChI is InChI=1S/C18H12ClI2NO3S/c1-25-16-11(6-13(20)8-14(16)21)7-15-17(23)22(18(24)26-15)9-10-2-4-12(19)5-3-10/h2-8H,9H2,1H3/b15-7-. The van der Waals surface area contributed by atoms with E-state index in [2.05, 4.69) is 45.2 Å². The maximum atomic E-state index is 12.7. The smallest absolute Gasteiger partial charge is 0.293 e. The van der Waals surface area contributed by atoms with Gasteiger partial charge in [-0.3, -0.25) is 14.5 Å². The van der Waals surface area contributed by atoms with Gasteiger partial charge >= 0.3 is 0 Å². The van der Waals surface area contributed by atoms with E-state index in [1.807, 2.05) is 12.1 Å². The summed E-state index contributed by atoms with van der Waals surface area (Å²) in [6.07, 6.45) is 1.72. The van der Waals surface area contributed by atoms with Crippen molar-refractivity contribution in [2.45, 2.75) is 6.54 Å². The lowest BCUT2D eigenvalue weighted by Gasteiger charge is -2.12. The molecule has 8 heteroatoms. The number of hydrogen-bond acceptors (Lipinski definition) is 4. The maximum Gasteiger partial charge on any atom is 0.293 e. The number of amides is 2. The molecule has 2 aromatic carbocycles. The second-order valence-corrected chi connectivity index (χ2v) is 9.24. The molecular weight excluding hydrogens is 600 g/mol. The van der Waals surface area contributed by atoms with Crippen LogP contribution in [0.3, 0.4) is 0 Å².